The van der Waals surface area contributed by atoms with Gasteiger partial charge in [-0.15, -0.1) is 0 Å². The first-order chi connectivity index (χ1) is 11.2. The van der Waals surface area contributed by atoms with Gasteiger partial charge in [0.25, 0.3) is 0 Å². The molecule has 2 aromatic rings. The molecule has 0 aromatic heterocycles. The summed E-state index contributed by atoms with van der Waals surface area (Å²) in [6, 6.07) is 15.2. The number of para-hydroxylation sites is 1. The summed E-state index contributed by atoms with van der Waals surface area (Å²) >= 11 is 6.22. The van der Waals surface area contributed by atoms with Gasteiger partial charge < -0.3 is 5.11 Å². The molecule has 1 fully saturated rings. The highest BCUT2D eigenvalue weighted by Gasteiger charge is 2.16. The molecule has 0 saturated carbocycles. The molecule has 1 saturated heterocycles. The first-order valence-electron chi connectivity index (χ1n) is 7.75. The molecule has 1 aliphatic rings. The van der Waals surface area contributed by atoms with Crippen molar-refractivity contribution in [3.8, 4) is 5.75 Å². The van der Waals surface area contributed by atoms with Crippen LogP contribution >= 0.6 is 11.6 Å². The van der Waals surface area contributed by atoms with Gasteiger partial charge in [0.1, 0.15) is 5.75 Å². The van der Waals surface area contributed by atoms with Crippen LogP contribution in [0.4, 0.5) is 0 Å². The van der Waals surface area contributed by atoms with Crippen molar-refractivity contribution in [1.29, 1.82) is 0 Å². The number of hydrogen-bond donors (Lipinski definition) is 1. The Bertz CT molecular complexity index is 681. The molecule has 0 aliphatic carbocycles. The average molecular weight is 330 g/mol. The molecule has 1 aliphatic heterocycles. The van der Waals surface area contributed by atoms with E-state index in [4.69, 9.17) is 11.6 Å². The first kappa shape index (κ1) is 15.8. The molecule has 4 nitrogen and oxygen atoms in total. The summed E-state index contributed by atoms with van der Waals surface area (Å²) < 4.78 is 0. The number of halogens is 1. The Kier molecular flexibility index (Phi) is 5.16. The van der Waals surface area contributed by atoms with Crippen LogP contribution in [0.25, 0.3) is 0 Å². The summed E-state index contributed by atoms with van der Waals surface area (Å²) in [7, 11) is 0. The second-order valence-electron chi connectivity index (χ2n) is 5.62. The number of aromatic hydroxyl groups is 1. The number of hydrogen-bond acceptors (Lipinski definition) is 4. The Hall–Kier alpha value is -2.04. The van der Waals surface area contributed by atoms with Crippen molar-refractivity contribution in [2.45, 2.75) is 6.54 Å². The van der Waals surface area contributed by atoms with Gasteiger partial charge in [0, 0.05) is 43.3 Å². The minimum Gasteiger partial charge on any atom is -0.507 e. The molecule has 2 aromatic carbocycles. The van der Waals surface area contributed by atoms with Crippen LogP contribution in [0.1, 0.15) is 11.1 Å². The fourth-order valence-corrected chi connectivity index (χ4v) is 2.81. The largest absolute Gasteiger partial charge is 0.507 e. The van der Waals surface area contributed by atoms with Gasteiger partial charge in [0.2, 0.25) is 0 Å². The lowest BCUT2D eigenvalue weighted by atomic mass is 10.2. The van der Waals surface area contributed by atoms with Crippen LogP contribution in [-0.4, -0.2) is 47.4 Å². The quantitative estimate of drug-likeness (QED) is 0.876. The third-order valence-electron chi connectivity index (χ3n) is 4.00. The minimum absolute atomic E-state index is 0.258. The minimum atomic E-state index is 0.258. The van der Waals surface area contributed by atoms with Crippen LogP contribution < -0.4 is 0 Å². The topological polar surface area (TPSA) is 39.1 Å². The van der Waals surface area contributed by atoms with Gasteiger partial charge in [0.05, 0.1) is 6.21 Å². The Morgan fingerprint density at radius 3 is 2.43 bits per heavy atom. The molecule has 3 rings (SSSR count). The fraction of sp³-hybridized carbons (Fsp3) is 0.278. The van der Waals surface area contributed by atoms with E-state index < -0.39 is 0 Å². The predicted molar refractivity (Wildman–Crippen MR) is 94.0 cm³/mol. The van der Waals surface area contributed by atoms with E-state index in [0.717, 1.165) is 43.3 Å². The maximum Gasteiger partial charge on any atom is 0.124 e. The normalized spacial score (nSPS) is 16.1. The second-order valence-corrected chi connectivity index (χ2v) is 6.03. The first-order valence-corrected chi connectivity index (χ1v) is 8.13. The molecule has 0 atom stereocenters. The summed E-state index contributed by atoms with van der Waals surface area (Å²) in [5.41, 5.74) is 1.91. The predicted octanol–water partition coefficient (Wildman–Crippen LogP) is 3.20. The molecule has 0 amide bonds. The summed E-state index contributed by atoms with van der Waals surface area (Å²) in [5, 5.41) is 17.1. The van der Waals surface area contributed by atoms with E-state index in [2.05, 4.69) is 16.1 Å². The lowest BCUT2D eigenvalue weighted by molar-refractivity contribution is 0.131. The third kappa shape index (κ3) is 4.24. The lowest BCUT2D eigenvalue weighted by Gasteiger charge is -2.33. The maximum absolute atomic E-state index is 9.74. The van der Waals surface area contributed by atoms with E-state index in [1.165, 1.54) is 5.56 Å². The van der Waals surface area contributed by atoms with Crippen LogP contribution in [0.5, 0.6) is 5.75 Å². The van der Waals surface area contributed by atoms with E-state index in [9.17, 15) is 5.11 Å². The molecule has 5 heteroatoms. The Labute approximate surface area is 141 Å². The Morgan fingerprint density at radius 1 is 1.00 bits per heavy atom. The number of phenolic OH excluding ortho intramolecular Hbond substituents is 1. The molecule has 120 valence electrons. The fourth-order valence-electron chi connectivity index (χ4n) is 2.62. The monoisotopic (exact) mass is 329 g/mol. The van der Waals surface area contributed by atoms with Gasteiger partial charge in [-0.2, -0.15) is 5.10 Å². The Balaban J connectivity index is 1.53. The van der Waals surface area contributed by atoms with Crippen molar-refractivity contribution in [2.75, 3.05) is 26.2 Å². The average Bonchev–Trinajstić information content (AvgIpc) is 2.57. The summed E-state index contributed by atoms with van der Waals surface area (Å²) in [4.78, 5) is 2.38. The molecule has 0 spiro atoms. The number of benzene rings is 2. The smallest absolute Gasteiger partial charge is 0.124 e. The van der Waals surface area contributed by atoms with Gasteiger partial charge in [-0.25, -0.2) is 0 Å². The molecule has 0 radical (unpaired) electrons. The van der Waals surface area contributed by atoms with E-state index in [-0.39, 0.29) is 5.75 Å². The van der Waals surface area contributed by atoms with Crippen molar-refractivity contribution in [2.24, 2.45) is 5.10 Å². The molecule has 0 bridgehead atoms. The molecule has 0 unspecified atom stereocenters. The standard InChI is InChI=1S/C18H20ClN3O/c19-17-7-3-1-6-16(17)14-21-9-11-22(12-10-21)20-13-15-5-2-4-8-18(15)23/h1-8,13,23H,9-12,14H2. The summed E-state index contributed by atoms with van der Waals surface area (Å²) in [5.74, 6) is 0.258. The number of phenols is 1. The number of rotatable bonds is 4. The van der Waals surface area contributed by atoms with Gasteiger partial charge in [-0.3, -0.25) is 9.91 Å². The van der Waals surface area contributed by atoms with Gasteiger partial charge >= 0.3 is 0 Å². The Morgan fingerprint density at radius 2 is 1.70 bits per heavy atom. The van der Waals surface area contributed by atoms with E-state index >= 15 is 0 Å². The molecule has 1 heterocycles. The zero-order valence-corrected chi connectivity index (χ0v) is 13.7. The van der Waals surface area contributed by atoms with Crippen molar-refractivity contribution in [3.63, 3.8) is 0 Å². The van der Waals surface area contributed by atoms with E-state index in [0.29, 0.717) is 0 Å². The van der Waals surface area contributed by atoms with Gasteiger partial charge in [-0.1, -0.05) is 41.9 Å². The van der Waals surface area contributed by atoms with Crippen LogP contribution in [-0.2, 0) is 6.54 Å². The number of nitrogens with zero attached hydrogens (tertiary/aromatic N) is 3. The molecular formula is C18H20ClN3O. The third-order valence-corrected chi connectivity index (χ3v) is 4.37. The second kappa shape index (κ2) is 7.49. The van der Waals surface area contributed by atoms with Crippen molar-refractivity contribution >= 4 is 17.8 Å². The molecular weight excluding hydrogens is 310 g/mol. The maximum atomic E-state index is 9.74. The number of piperazine rings is 1. The van der Waals surface area contributed by atoms with E-state index in [1.54, 1.807) is 18.3 Å². The molecule has 1 N–H and O–H groups in total. The zero-order valence-electron chi connectivity index (χ0n) is 12.9. The summed E-state index contributed by atoms with van der Waals surface area (Å²) in [6.45, 7) is 4.51. The van der Waals surface area contributed by atoms with Crippen LogP contribution in [0.3, 0.4) is 0 Å². The van der Waals surface area contributed by atoms with Crippen LogP contribution in [0.15, 0.2) is 53.6 Å². The van der Waals surface area contributed by atoms with Crippen LogP contribution in [0.2, 0.25) is 5.02 Å². The van der Waals surface area contributed by atoms with Crippen molar-refractivity contribution < 1.29 is 5.11 Å². The van der Waals surface area contributed by atoms with Gasteiger partial charge in [0.15, 0.2) is 0 Å². The highest BCUT2D eigenvalue weighted by Crippen LogP contribution is 2.18. The molecule has 23 heavy (non-hydrogen) atoms. The van der Waals surface area contributed by atoms with Gasteiger partial charge in [-0.05, 0) is 23.8 Å². The number of hydrazone groups is 1. The zero-order chi connectivity index (χ0) is 16.1. The lowest BCUT2D eigenvalue weighted by Crippen LogP contribution is -2.43. The highest BCUT2D eigenvalue weighted by atomic mass is 35.5. The van der Waals surface area contributed by atoms with Crippen LogP contribution in [0, 0.1) is 0 Å². The highest BCUT2D eigenvalue weighted by molar-refractivity contribution is 6.31. The van der Waals surface area contributed by atoms with E-state index in [1.807, 2.05) is 35.3 Å². The van der Waals surface area contributed by atoms with Crippen molar-refractivity contribution in [1.82, 2.24) is 9.91 Å². The SMILES string of the molecule is Oc1ccccc1C=NN1CCN(Cc2ccccc2Cl)CC1. The summed E-state index contributed by atoms with van der Waals surface area (Å²) in [6.07, 6.45) is 1.72. The van der Waals surface area contributed by atoms with Crippen molar-refractivity contribution in [3.05, 3.63) is 64.7 Å².